The predicted octanol–water partition coefficient (Wildman–Crippen LogP) is 6.81. The molecule has 0 heterocycles. The zero-order valence-corrected chi connectivity index (χ0v) is 19.0. The number of rotatable bonds is 14. The molecule has 0 aliphatic rings. The average Bonchev–Trinajstić information content (AvgIpc) is 2.79. The SMILES string of the molecule is C=CCOc1ccc(C(=O)/C=C/c2c(OCCCC)ccc(C)c2OCCCC)cc1. The van der Waals surface area contributed by atoms with Crippen molar-refractivity contribution in [2.45, 2.75) is 46.5 Å². The minimum Gasteiger partial charge on any atom is -0.493 e. The second kappa shape index (κ2) is 13.3. The maximum Gasteiger partial charge on any atom is 0.185 e. The molecule has 0 aliphatic heterocycles. The Kier molecular flexibility index (Phi) is 10.4. The number of ether oxygens (including phenoxy) is 3. The third kappa shape index (κ3) is 7.63. The zero-order chi connectivity index (χ0) is 22.5. The molecule has 0 saturated carbocycles. The lowest BCUT2D eigenvalue weighted by Gasteiger charge is -2.16. The Morgan fingerprint density at radius 3 is 2.26 bits per heavy atom. The molecular weight excluding hydrogens is 388 g/mol. The normalized spacial score (nSPS) is 10.8. The zero-order valence-electron chi connectivity index (χ0n) is 19.0. The van der Waals surface area contributed by atoms with Gasteiger partial charge in [-0.15, -0.1) is 0 Å². The molecule has 0 amide bonds. The van der Waals surface area contributed by atoms with Gasteiger partial charge in [0, 0.05) is 5.56 Å². The fraction of sp³-hybridized carbons (Fsp3) is 0.370. The van der Waals surface area contributed by atoms with Gasteiger partial charge in [-0.05, 0) is 67.8 Å². The van der Waals surface area contributed by atoms with Crippen molar-refractivity contribution in [2.75, 3.05) is 19.8 Å². The first-order valence-corrected chi connectivity index (χ1v) is 11.1. The van der Waals surface area contributed by atoms with Crippen LogP contribution < -0.4 is 14.2 Å². The van der Waals surface area contributed by atoms with Crippen molar-refractivity contribution in [1.82, 2.24) is 0 Å². The van der Waals surface area contributed by atoms with Gasteiger partial charge in [-0.25, -0.2) is 0 Å². The summed E-state index contributed by atoms with van der Waals surface area (Å²) in [5.74, 6) is 2.13. The molecule has 0 N–H and O–H groups in total. The fourth-order valence-corrected chi connectivity index (χ4v) is 2.94. The first-order chi connectivity index (χ1) is 15.1. The van der Waals surface area contributed by atoms with Gasteiger partial charge in [0.05, 0.1) is 18.8 Å². The lowest BCUT2D eigenvalue weighted by molar-refractivity contribution is 0.104. The van der Waals surface area contributed by atoms with Crippen LogP contribution in [0.2, 0.25) is 0 Å². The third-order valence-electron chi connectivity index (χ3n) is 4.76. The van der Waals surface area contributed by atoms with Crippen molar-refractivity contribution < 1.29 is 19.0 Å². The van der Waals surface area contributed by atoms with Gasteiger partial charge < -0.3 is 14.2 Å². The molecular formula is C27H34O4. The molecule has 0 spiro atoms. The quantitative estimate of drug-likeness (QED) is 0.145. The van der Waals surface area contributed by atoms with Gasteiger partial charge >= 0.3 is 0 Å². The Hall–Kier alpha value is -3.01. The molecule has 2 rings (SSSR count). The second-order valence-corrected chi connectivity index (χ2v) is 7.35. The predicted molar refractivity (Wildman–Crippen MR) is 127 cm³/mol. The van der Waals surface area contributed by atoms with E-state index >= 15 is 0 Å². The molecule has 31 heavy (non-hydrogen) atoms. The Morgan fingerprint density at radius 1 is 0.935 bits per heavy atom. The lowest BCUT2D eigenvalue weighted by atomic mass is 10.1. The van der Waals surface area contributed by atoms with E-state index in [4.69, 9.17) is 14.2 Å². The Bertz CT molecular complexity index is 866. The Labute approximate surface area is 186 Å². The van der Waals surface area contributed by atoms with E-state index in [2.05, 4.69) is 20.4 Å². The van der Waals surface area contributed by atoms with Crippen molar-refractivity contribution in [2.24, 2.45) is 0 Å². The van der Waals surface area contributed by atoms with Crippen molar-refractivity contribution in [3.05, 3.63) is 71.8 Å². The maximum atomic E-state index is 12.7. The molecule has 0 aromatic heterocycles. The summed E-state index contributed by atoms with van der Waals surface area (Å²) in [6.45, 7) is 11.6. The first-order valence-electron chi connectivity index (χ1n) is 11.1. The summed E-state index contributed by atoms with van der Waals surface area (Å²) in [5.41, 5.74) is 2.43. The van der Waals surface area contributed by atoms with E-state index in [-0.39, 0.29) is 5.78 Å². The summed E-state index contributed by atoms with van der Waals surface area (Å²) in [6.07, 6.45) is 9.13. The Morgan fingerprint density at radius 2 is 1.61 bits per heavy atom. The van der Waals surface area contributed by atoms with Crippen LogP contribution in [0.4, 0.5) is 0 Å². The van der Waals surface area contributed by atoms with Gasteiger partial charge in [-0.1, -0.05) is 45.4 Å². The summed E-state index contributed by atoms with van der Waals surface area (Å²) in [6, 6.07) is 11.1. The van der Waals surface area contributed by atoms with Crippen LogP contribution in [0.3, 0.4) is 0 Å². The van der Waals surface area contributed by atoms with Crippen LogP contribution in [-0.4, -0.2) is 25.6 Å². The van der Waals surface area contributed by atoms with E-state index in [1.54, 1.807) is 42.5 Å². The van der Waals surface area contributed by atoms with Crippen LogP contribution in [-0.2, 0) is 0 Å². The second-order valence-electron chi connectivity index (χ2n) is 7.35. The summed E-state index contributed by atoms with van der Waals surface area (Å²) < 4.78 is 17.6. The molecule has 0 fully saturated rings. The van der Waals surface area contributed by atoms with Crippen molar-refractivity contribution in [3.63, 3.8) is 0 Å². The molecule has 0 aliphatic carbocycles. The molecule has 0 radical (unpaired) electrons. The van der Waals surface area contributed by atoms with Crippen LogP contribution in [0.5, 0.6) is 17.2 Å². The van der Waals surface area contributed by atoms with Crippen molar-refractivity contribution in [3.8, 4) is 17.2 Å². The fourth-order valence-electron chi connectivity index (χ4n) is 2.94. The number of carbonyl (C=O) groups is 1. The van der Waals surface area contributed by atoms with Crippen LogP contribution in [0.1, 0.15) is 61.0 Å². The highest BCUT2D eigenvalue weighted by molar-refractivity contribution is 6.07. The minimum absolute atomic E-state index is 0.0872. The van der Waals surface area contributed by atoms with E-state index in [9.17, 15) is 4.79 Å². The van der Waals surface area contributed by atoms with Crippen LogP contribution >= 0.6 is 0 Å². The van der Waals surface area contributed by atoms with E-state index < -0.39 is 0 Å². The molecule has 2 aromatic rings. The highest BCUT2D eigenvalue weighted by Gasteiger charge is 2.13. The van der Waals surface area contributed by atoms with E-state index in [0.29, 0.717) is 31.1 Å². The molecule has 4 nitrogen and oxygen atoms in total. The summed E-state index contributed by atoms with van der Waals surface area (Å²) in [4.78, 5) is 12.7. The van der Waals surface area contributed by atoms with Gasteiger partial charge in [-0.2, -0.15) is 0 Å². The summed E-state index contributed by atoms with van der Waals surface area (Å²) >= 11 is 0. The Balaban J connectivity index is 2.26. The molecule has 0 bridgehead atoms. The monoisotopic (exact) mass is 422 g/mol. The number of hydrogen-bond acceptors (Lipinski definition) is 4. The molecule has 0 atom stereocenters. The maximum absolute atomic E-state index is 12.7. The van der Waals surface area contributed by atoms with Crippen molar-refractivity contribution in [1.29, 1.82) is 0 Å². The minimum atomic E-state index is -0.0872. The van der Waals surface area contributed by atoms with Gasteiger partial charge in [0.2, 0.25) is 0 Å². The number of ketones is 1. The summed E-state index contributed by atoms with van der Waals surface area (Å²) in [7, 11) is 0. The van der Waals surface area contributed by atoms with E-state index in [1.807, 2.05) is 19.1 Å². The first kappa shape index (κ1) is 24.3. The van der Waals surface area contributed by atoms with Gasteiger partial charge in [0.15, 0.2) is 5.78 Å². The standard InChI is InChI=1S/C27H34O4/c1-5-8-19-30-26-17-10-21(4)27(31-20-9-6-2)24(26)15-16-25(28)22-11-13-23(14-12-22)29-18-7-3/h7,10-17H,3,5-6,8-9,18-20H2,1-2,4H3/b16-15+. The molecule has 166 valence electrons. The largest absolute Gasteiger partial charge is 0.493 e. The molecule has 0 saturated heterocycles. The van der Waals surface area contributed by atoms with Crippen LogP contribution in [0.15, 0.2) is 55.1 Å². The third-order valence-corrected chi connectivity index (χ3v) is 4.76. The summed E-state index contributed by atoms with van der Waals surface area (Å²) in [5, 5.41) is 0. The number of carbonyl (C=O) groups excluding carboxylic acids is 1. The number of allylic oxidation sites excluding steroid dienone is 1. The number of hydrogen-bond donors (Lipinski definition) is 0. The van der Waals surface area contributed by atoms with Gasteiger partial charge in [0.25, 0.3) is 0 Å². The van der Waals surface area contributed by atoms with Crippen LogP contribution in [0, 0.1) is 6.92 Å². The van der Waals surface area contributed by atoms with Gasteiger partial charge in [-0.3, -0.25) is 4.79 Å². The van der Waals surface area contributed by atoms with E-state index in [1.165, 1.54) is 0 Å². The molecule has 0 unspecified atom stereocenters. The number of aryl methyl sites for hydroxylation is 1. The smallest absolute Gasteiger partial charge is 0.185 e. The van der Waals surface area contributed by atoms with Crippen molar-refractivity contribution >= 4 is 11.9 Å². The van der Waals surface area contributed by atoms with E-state index in [0.717, 1.165) is 48.3 Å². The van der Waals surface area contributed by atoms with Crippen LogP contribution in [0.25, 0.3) is 6.08 Å². The average molecular weight is 423 g/mol. The number of unbranched alkanes of at least 4 members (excludes halogenated alkanes) is 2. The number of benzene rings is 2. The molecule has 4 heteroatoms. The highest BCUT2D eigenvalue weighted by Crippen LogP contribution is 2.34. The highest BCUT2D eigenvalue weighted by atomic mass is 16.5. The van der Waals surface area contributed by atoms with Gasteiger partial charge in [0.1, 0.15) is 23.9 Å². The lowest BCUT2D eigenvalue weighted by Crippen LogP contribution is -2.04. The topological polar surface area (TPSA) is 44.8 Å². The molecule has 2 aromatic carbocycles.